The number of carbonyl (C=O) groups excluding carboxylic acids is 1. The van der Waals surface area contributed by atoms with E-state index in [9.17, 15) is 23.3 Å². The Morgan fingerprint density at radius 2 is 1.76 bits per heavy atom. The number of para-hydroxylation sites is 1. The van der Waals surface area contributed by atoms with Gasteiger partial charge in [0.2, 0.25) is 15.9 Å². The van der Waals surface area contributed by atoms with E-state index in [-0.39, 0.29) is 42.7 Å². The van der Waals surface area contributed by atoms with Crippen molar-refractivity contribution in [2.45, 2.75) is 4.90 Å². The van der Waals surface area contributed by atoms with Crippen molar-refractivity contribution in [3.05, 3.63) is 75.3 Å². The first kappa shape index (κ1) is 21.0. The summed E-state index contributed by atoms with van der Waals surface area (Å²) in [7, 11) is -3.69. The van der Waals surface area contributed by atoms with Gasteiger partial charge >= 0.3 is 0 Å². The van der Waals surface area contributed by atoms with Gasteiger partial charge in [-0.15, -0.1) is 0 Å². The molecular formula is C19H18ClN3O5S. The van der Waals surface area contributed by atoms with Gasteiger partial charge in [0.05, 0.1) is 15.4 Å². The summed E-state index contributed by atoms with van der Waals surface area (Å²) < 4.78 is 26.7. The molecule has 3 rings (SSSR count). The smallest absolute Gasteiger partial charge is 0.276 e. The molecule has 0 unspecified atom stereocenters. The van der Waals surface area contributed by atoms with Crippen LogP contribution in [0.5, 0.6) is 0 Å². The van der Waals surface area contributed by atoms with Crippen molar-refractivity contribution in [1.82, 2.24) is 9.21 Å². The predicted octanol–water partition coefficient (Wildman–Crippen LogP) is 2.79. The molecule has 1 heterocycles. The molecule has 0 spiro atoms. The van der Waals surface area contributed by atoms with Crippen LogP contribution in [0.25, 0.3) is 6.08 Å². The summed E-state index contributed by atoms with van der Waals surface area (Å²) in [6.07, 6.45) is 2.67. The third-order valence-corrected chi connectivity index (χ3v) is 6.65. The molecule has 1 amide bonds. The maximum atomic E-state index is 12.7. The molecule has 0 N–H and O–H groups in total. The highest BCUT2D eigenvalue weighted by atomic mass is 35.5. The van der Waals surface area contributed by atoms with Crippen LogP contribution in [0.4, 0.5) is 5.69 Å². The average Bonchev–Trinajstić information content (AvgIpc) is 2.72. The number of piperazine rings is 1. The van der Waals surface area contributed by atoms with Crippen LogP contribution in [0.1, 0.15) is 5.56 Å². The second-order valence-electron chi connectivity index (χ2n) is 6.34. The number of nitro groups is 1. The van der Waals surface area contributed by atoms with E-state index in [1.807, 2.05) is 0 Å². The number of hydrogen-bond acceptors (Lipinski definition) is 5. The van der Waals surface area contributed by atoms with Gasteiger partial charge < -0.3 is 4.90 Å². The first-order chi connectivity index (χ1) is 13.8. The van der Waals surface area contributed by atoms with E-state index in [1.165, 1.54) is 39.6 Å². The minimum Gasteiger partial charge on any atom is -0.337 e. The van der Waals surface area contributed by atoms with Crippen LogP contribution in [-0.4, -0.2) is 54.6 Å². The Labute approximate surface area is 173 Å². The number of benzene rings is 2. The number of sulfonamides is 1. The van der Waals surface area contributed by atoms with Crippen LogP contribution in [0.3, 0.4) is 0 Å². The third kappa shape index (κ3) is 4.81. The van der Waals surface area contributed by atoms with Gasteiger partial charge in [-0.1, -0.05) is 29.8 Å². The van der Waals surface area contributed by atoms with Crippen molar-refractivity contribution in [3.63, 3.8) is 0 Å². The number of halogens is 1. The highest BCUT2D eigenvalue weighted by Crippen LogP contribution is 2.22. The van der Waals surface area contributed by atoms with E-state index in [2.05, 4.69) is 0 Å². The molecule has 0 aromatic heterocycles. The van der Waals surface area contributed by atoms with E-state index in [0.717, 1.165) is 0 Å². The summed E-state index contributed by atoms with van der Waals surface area (Å²) in [6, 6.07) is 12.2. The second kappa shape index (κ2) is 8.73. The zero-order valence-corrected chi connectivity index (χ0v) is 16.8. The first-order valence-electron chi connectivity index (χ1n) is 8.75. The normalized spacial score (nSPS) is 15.6. The molecule has 0 atom stereocenters. The maximum Gasteiger partial charge on any atom is 0.276 e. The van der Waals surface area contributed by atoms with E-state index in [0.29, 0.717) is 10.6 Å². The van der Waals surface area contributed by atoms with Crippen molar-refractivity contribution in [2.75, 3.05) is 26.2 Å². The molecular weight excluding hydrogens is 418 g/mol. The van der Waals surface area contributed by atoms with Gasteiger partial charge in [0.15, 0.2) is 0 Å². The Balaban J connectivity index is 1.65. The molecule has 0 radical (unpaired) electrons. The van der Waals surface area contributed by atoms with E-state index in [1.54, 1.807) is 30.3 Å². The van der Waals surface area contributed by atoms with Crippen LogP contribution in [0, 0.1) is 10.1 Å². The van der Waals surface area contributed by atoms with Crippen LogP contribution >= 0.6 is 11.6 Å². The number of carbonyl (C=O) groups is 1. The summed E-state index contributed by atoms with van der Waals surface area (Å²) in [6.45, 7) is 0.750. The number of nitrogens with zero attached hydrogens (tertiary/aromatic N) is 3. The van der Waals surface area contributed by atoms with Crippen molar-refractivity contribution in [3.8, 4) is 0 Å². The fourth-order valence-electron chi connectivity index (χ4n) is 2.99. The molecule has 10 heteroatoms. The maximum absolute atomic E-state index is 12.7. The SMILES string of the molecule is O=C(/C=C/c1ccccc1[N+](=O)[O-])N1CCN(S(=O)(=O)c2cccc(Cl)c2)CC1. The molecule has 29 heavy (non-hydrogen) atoms. The van der Waals surface area contributed by atoms with E-state index < -0.39 is 14.9 Å². The molecule has 1 fully saturated rings. The van der Waals surface area contributed by atoms with Crippen molar-refractivity contribution in [1.29, 1.82) is 0 Å². The molecule has 0 bridgehead atoms. The van der Waals surface area contributed by atoms with Gasteiger partial charge in [-0.05, 0) is 30.3 Å². The van der Waals surface area contributed by atoms with Crippen molar-refractivity contribution in [2.24, 2.45) is 0 Å². The lowest BCUT2D eigenvalue weighted by atomic mass is 10.1. The number of nitro benzene ring substituents is 1. The lowest BCUT2D eigenvalue weighted by molar-refractivity contribution is -0.385. The fraction of sp³-hybridized carbons (Fsp3) is 0.211. The molecule has 1 aliphatic rings. The van der Waals surface area contributed by atoms with E-state index >= 15 is 0 Å². The fourth-order valence-corrected chi connectivity index (χ4v) is 4.71. The molecule has 8 nitrogen and oxygen atoms in total. The Morgan fingerprint density at radius 1 is 1.07 bits per heavy atom. The van der Waals surface area contributed by atoms with Crippen LogP contribution in [0.2, 0.25) is 5.02 Å². The Kier molecular flexibility index (Phi) is 6.31. The minimum absolute atomic E-state index is 0.0889. The average molecular weight is 436 g/mol. The van der Waals surface area contributed by atoms with Gasteiger partial charge in [-0.25, -0.2) is 8.42 Å². The summed E-state index contributed by atoms with van der Waals surface area (Å²) in [4.78, 5) is 24.6. The number of amides is 1. The van der Waals surface area contributed by atoms with Gasteiger partial charge in [-0.2, -0.15) is 4.31 Å². The summed E-state index contributed by atoms with van der Waals surface area (Å²) in [5, 5.41) is 11.4. The van der Waals surface area contributed by atoms with Crippen LogP contribution in [-0.2, 0) is 14.8 Å². The largest absolute Gasteiger partial charge is 0.337 e. The molecule has 0 aliphatic carbocycles. The standard InChI is InChI=1S/C19H18ClN3O5S/c20-16-5-3-6-17(14-16)29(27,28)22-12-10-21(11-13-22)19(24)9-8-15-4-1-2-7-18(15)23(25)26/h1-9,14H,10-13H2/b9-8+. The van der Waals surface area contributed by atoms with Crippen molar-refractivity contribution >= 4 is 39.3 Å². The lowest BCUT2D eigenvalue weighted by Gasteiger charge is -2.33. The van der Waals surface area contributed by atoms with Crippen molar-refractivity contribution < 1.29 is 18.1 Å². The first-order valence-corrected chi connectivity index (χ1v) is 10.6. The Morgan fingerprint density at radius 3 is 2.41 bits per heavy atom. The highest BCUT2D eigenvalue weighted by Gasteiger charge is 2.29. The molecule has 2 aromatic carbocycles. The number of hydrogen-bond donors (Lipinski definition) is 0. The van der Waals surface area contributed by atoms with Crippen LogP contribution in [0.15, 0.2) is 59.5 Å². The zero-order chi connectivity index (χ0) is 21.0. The van der Waals surface area contributed by atoms with Crippen LogP contribution < -0.4 is 0 Å². The highest BCUT2D eigenvalue weighted by molar-refractivity contribution is 7.89. The van der Waals surface area contributed by atoms with Gasteiger partial charge in [-0.3, -0.25) is 14.9 Å². The minimum atomic E-state index is -3.69. The third-order valence-electron chi connectivity index (χ3n) is 4.52. The van der Waals surface area contributed by atoms with Gasteiger partial charge in [0.25, 0.3) is 5.69 Å². The molecule has 1 saturated heterocycles. The molecule has 0 saturated carbocycles. The van der Waals surface area contributed by atoms with Gasteiger partial charge in [0.1, 0.15) is 0 Å². The summed E-state index contributed by atoms with van der Waals surface area (Å²) in [5.41, 5.74) is 0.238. The summed E-state index contributed by atoms with van der Waals surface area (Å²) >= 11 is 5.88. The molecule has 1 aliphatic heterocycles. The Bertz CT molecular complexity index is 1060. The summed E-state index contributed by atoms with van der Waals surface area (Å²) in [5.74, 6) is -0.331. The lowest BCUT2D eigenvalue weighted by Crippen LogP contribution is -2.50. The zero-order valence-electron chi connectivity index (χ0n) is 15.3. The number of rotatable bonds is 5. The molecule has 2 aromatic rings. The predicted molar refractivity (Wildman–Crippen MR) is 109 cm³/mol. The molecule has 152 valence electrons. The van der Waals surface area contributed by atoms with E-state index in [4.69, 9.17) is 11.6 Å². The Hall–Kier alpha value is -2.75. The topological polar surface area (TPSA) is 101 Å². The second-order valence-corrected chi connectivity index (χ2v) is 8.71. The quantitative estimate of drug-likeness (QED) is 0.408. The van der Waals surface area contributed by atoms with Gasteiger partial charge in [0, 0.05) is 43.3 Å². The monoisotopic (exact) mass is 435 g/mol.